The van der Waals surface area contributed by atoms with Gasteiger partial charge in [-0.25, -0.2) is 4.98 Å². The van der Waals surface area contributed by atoms with Crippen LogP contribution in [0.15, 0.2) is 42.6 Å². The minimum absolute atomic E-state index is 0.187. The molecule has 0 radical (unpaired) electrons. The van der Waals surface area contributed by atoms with Crippen LogP contribution in [0.5, 0.6) is 11.5 Å². The van der Waals surface area contributed by atoms with Gasteiger partial charge in [0, 0.05) is 14.1 Å². The first-order valence-corrected chi connectivity index (χ1v) is 6.96. The first kappa shape index (κ1) is 14.2. The molecule has 0 unspecified atom stereocenters. The van der Waals surface area contributed by atoms with E-state index in [1.165, 1.54) is 0 Å². The zero-order chi connectivity index (χ0) is 15.5. The Bertz CT molecular complexity index is 671. The number of para-hydroxylation sites is 2. The third-order valence-corrected chi connectivity index (χ3v) is 3.27. The van der Waals surface area contributed by atoms with Crippen molar-refractivity contribution in [3.8, 4) is 11.5 Å². The number of fused-ring (bicyclic) bond motifs is 1. The van der Waals surface area contributed by atoms with E-state index in [2.05, 4.69) is 10.3 Å². The normalized spacial score (nSPS) is 16.0. The van der Waals surface area contributed by atoms with Crippen molar-refractivity contribution >= 4 is 17.4 Å². The predicted molar refractivity (Wildman–Crippen MR) is 83.5 cm³/mol. The molecule has 0 spiro atoms. The summed E-state index contributed by atoms with van der Waals surface area (Å²) < 4.78 is 11.2. The highest BCUT2D eigenvalue weighted by atomic mass is 16.6. The van der Waals surface area contributed by atoms with Gasteiger partial charge in [-0.1, -0.05) is 12.1 Å². The second kappa shape index (κ2) is 5.93. The monoisotopic (exact) mass is 299 g/mol. The lowest BCUT2D eigenvalue weighted by atomic mass is 10.2. The third-order valence-electron chi connectivity index (χ3n) is 3.27. The number of hydrogen-bond donors (Lipinski definition) is 1. The van der Waals surface area contributed by atoms with Crippen molar-refractivity contribution in [2.45, 2.75) is 6.10 Å². The number of hydrogen-bond acceptors (Lipinski definition) is 5. The number of carbonyl (C=O) groups excluding carboxylic acids is 1. The van der Waals surface area contributed by atoms with Gasteiger partial charge >= 0.3 is 0 Å². The van der Waals surface area contributed by atoms with E-state index in [9.17, 15) is 4.79 Å². The Balaban J connectivity index is 1.65. The molecule has 2 heterocycles. The lowest BCUT2D eigenvalue weighted by Crippen LogP contribution is -2.40. The van der Waals surface area contributed by atoms with Crippen LogP contribution in [0.1, 0.15) is 0 Å². The molecule has 1 aromatic carbocycles. The molecule has 6 nitrogen and oxygen atoms in total. The molecule has 1 N–H and O–H groups in total. The molecular weight excluding hydrogens is 282 g/mol. The van der Waals surface area contributed by atoms with Crippen molar-refractivity contribution in [2.24, 2.45) is 0 Å². The number of carbonyl (C=O) groups is 1. The molecule has 2 aromatic rings. The summed E-state index contributed by atoms with van der Waals surface area (Å²) >= 11 is 0. The molecule has 6 heteroatoms. The van der Waals surface area contributed by atoms with E-state index in [1.807, 2.05) is 43.3 Å². The van der Waals surface area contributed by atoms with Gasteiger partial charge in [-0.05, 0) is 24.3 Å². The van der Waals surface area contributed by atoms with Gasteiger partial charge in [0.25, 0.3) is 5.91 Å². The van der Waals surface area contributed by atoms with Gasteiger partial charge in [0.05, 0.1) is 11.9 Å². The van der Waals surface area contributed by atoms with Crippen molar-refractivity contribution in [3.05, 3.63) is 42.6 Å². The fourth-order valence-corrected chi connectivity index (χ4v) is 2.10. The number of amides is 1. The largest absolute Gasteiger partial charge is 0.485 e. The summed E-state index contributed by atoms with van der Waals surface area (Å²) in [6.45, 7) is 0.187. The van der Waals surface area contributed by atoms with Crippen molar-refractivity contribution in [2.75, 3.05) is 30.9 Å². The van der Waals surface area contributed by atoms with Gasteiger partial charge in [-0.2, -0.15) is 0 Å². The molecule has 0 bridgehead atoms. The average molecular weight is 299 g/mol. The molecule has 0 aliphatic carbocycles. The summed E-state index contributed by atoms with van der Waals surface area (Å²) in [5, 5.41) is 2.78. The van der Waals surface area contributed by atoms with Crippen molar-refractivity contribution in [1.29, 1.82) is 0 Å². The Morgan fingerprint density at radius 2 is 2.00 bits per heavy atom. The molecule has 0 saturated heterocycles. The second-order valence-corrected chi connectivity index (χ2v) is 5.15. The van der Waals surface area contributed by atoms with Crippen LogP contribution in [-0.4, -0.2) is 37.7 Å². The molecular formula is C16H17N3O3. The summed E-state index contributed by atoms with van der Waals surface area (Å²) in [7, 11) is 3.82. The lowest BCUT2D eigenvalue weighted by molar-refractivity contribution is -0.125. The molecule has 1 aliphatic rings. The molecule has 1 amide bonds. The van der Waals surface area contributed by atoms with E-state index in [4.69, 9.17) is 9.47 Å². The molecule has 114 valence electrons. The smallest absolute Gasteiger partial charge is 0.269 e. The highest BCUT2D eigenvalue weighted by Gasteiger charge is 2.27. The average Bonchev–Trinajstić information content (AvgIpc) is 2.55. The quantitative estimate of drug-likeness (QED) is 0.938. The van der Waals surface area contributed by atoms with E-state index in [0.29, 0.717) is 17.2 Å². The van der Waals surface area contributed by atoms with E-state index in [0.717, 1.165) is 5.82 Å². The van der Waals surface area contributed by atoms with Crippen LogP contribution in [0, 0.1) is 0 Å². The standard InChI is InChI=1S/C16H17N3O3/c1-19(2)15-8-7-11(9-17-15)18-16(20)14-10-21-12-5-3-4-6-13(12)22-14/h3-9,14H,10H2,1-2H3,(H,18,20)/t14-/m0/s1. The van der Waals surface area contributed by atoms with Gasteiger partial charge in [-0.15, -0.1) is 0 Å². The van der Waals surface area contributed by atoms with Crippen molar-refractivity contribution in [1.82, 2.24) is 4.98 Å². The zero-order valence-corrected chi connectivity index (χ0v) is 12.4. The number of ether oxygens (including phenoxy) is 2. The maximum atomic E-state index is 12.2. The highest BCUT2D eigenvalue weighted by molar-refractivity contribution is 5.94. The fraction of sp³-hybridized carbons (Fsp3) is 0.250. The molecule has 1 aliphatic heterocycles. The number of aromatic nitrogens is 1. The Morgan fingerprint density at radius 3 is 2.68 bits per heavy atom. The minimum atomic E-state index is -0.677. The first-order valence-electron chi connectivity index (χ1n) is 6.96. The SMILES string of the molecule is CN(C)c1ccc(NC(=O)[C@@H]2COc3ccccc3O2)cn1. The predicted octanol–water partition coefficient (Wildman–Crippen LogP) is 1.93. The lowest BCUT2D eigenvalue weighted by Gasteiger charge is -2.25. The molecule has 3 rings (SSSR count). The molecule has 1 atom stereocenters. The first-order chi connectivity index (χ1) is 10.6. The summed E-state index contributed by atoms with van der Waals surface area (Å²) in [5.74, 6) is 1.80. The van der Waals surface area contributed by atoms with E-state index in [-0.39, 0.29) is 12.5 Å². The molecule has 0 fully saturated rings. The molecule has 1 aromatic heterocycles. The minimum Gasteiger partial charge on any atom is -0.485 e. The van der Waals surface area contributed by atoms with Crippen molar-refractivity contribution in [3.63, 3.8) is 0 Å². The zero-order valence-electron chi connectivity index (χ0n) is 12.4. The summed E-state index contributed by atoms with van der Waals surface area (Å²) in [5.41, 5.74) is 0.623. The maximum Gasteiger partial charge on any atom is 0.269 e. The van der Waals surface area contributed by atoms with E-state index in [1.54, 1.807) is 18.3 Å². The number of nitrogens with zero attached hydrogens (tertiary/aromatic N) is 2. The van der Waals surface area contributed by atoms with Gasteiger partial charge in [0.15, 0.2) is 11.5 Å². The van der Waals surface area contributed by atoms with Gasteiger partial charge < -0.3 is 19.7 Å². The van der Waals surface area contributed by atoms with Gasteiger partial charge in [0.1, 0.15) is 12.4 Å². The Labute approximate surface area is 128 Å². The number of pyridine rings is 1. The van der Waals surface area contributed by atoms with Gasteiger partial charge in [0.2, 0.25) is 6.10 Å². The van der Waals surface area contributed by atoms with E-state index >= 15 is 0 Å². The van der Waals surface area contributed by atoms with Crippen LogP contribution in [0.25, 0.3) is 0 Å². The van der Waals surface area contributed by atoms with Crippen LogP contribution in [0.2, 0.25) is 0 Å². The maximum absolute atomic E-state index is 12.2. The number of nitrogens with one attached hydrogen (secondary N) is 1. The van der Waals surface area contributed by atoms with Crippen LogP contribution in [0.3, 0.4) is 0 Å². The second-order valence-electron chi connectivity index (χ2n) is 5.15. The van der Waals surface area contributed by atoms with Crippen LogP contribution in [0.4, 0.5) is 11.5 Å². The third kappa shape index (κ3) is 2.95. The van der Waals surface area contributed by atoms with Crippen LogP contribution < -0.4 is 19.7 Å². The summed E-state index contributed by atoms with van der Waals surface area (Å²) in [6, 6.07) is 10.9. The van der Waals surface area contributed by atoms with Crippen LogP contribution >= 0.6 is 0 Å². The van der Waals surface area contributed by atoms with Crippen molar-refractivity contribution < 1.29 is 14.3 Å². The number of anilines is 2. The van der Waals surface area contributed by atoms with E-state index < -0.39 is 6.10 Å². The molecule has 22 heavy (non-hydrogen) atoms. The van der Waals surface area contributed by atoms with Crippen LogP contribution in [-0.2, 0) is 4.79 Å². The number of rotatable bonds is 3. The Hall–Kier alpha value is -2.76. The summed E-state index contributed by atoms with van der Waals surface area (Å²) in [4.78, 5) is 18.4. The summed E-state index contributed by atoms with van der Waals surface area (Å²) in [6.07, 6.45) is 0.939. The Kier molecular flexibility index (Phi) is 3.82. The highest BCUT2D eigenvalue weighted by Crippen LogP contribution is 2.31. The number of benzene rings is 1. The Morgan fingerprint density at radius 1 is 1.23 bits per heavy atom. The topological polar surface area (TPSA) is 63.7 Å². The molecule has 0 saturated carbocycles. The van der Waals surface area contributed by atoms with Gasteiger partial charge in [-0.3, -0.25) is 4.79 Å². The fourth-order valence-electron chi connectivity index (χ4n) is 2.10.